The van der Waals surface area contributed by atoms with Crippen molar-refractivity contribution in [3.63, 3.8) is 0 Å². The van der Waals surface area contributed by atoms with E-state index >= 15 is 0 Å². The highest BCUT2D eigenvalue weighted by Crippen LogP contribution is 2.50. The van der Waals surface area contributed by atoms with Gasteiger partial charge >= 0.3 is 6.09 Å². The van der Waals surface area contributed by atoms with E-state index in [4.69, 9.17) is 4.74 Å². The SMILES string of the molecule is O=C(NC1(c2cn[nH]n2)CC(F)(F)C1)OCc1ccccc1. The highest BCUT2D eigenvalue weighted by atomic mass is 19.3. The Morgan fingerprint density at radius 3 is 2.64 bits per heavy atom. The molecule has 1 fully saturated rings. The summed E-state index contributed by atoms with van der Waals surface area (Å²) in [5, 5.41) is 12.3. The summed E-state index contributed by atoms with van der Waals surface area (Å²) in [5.41, 5.74) is -0.147. The summed E-state index contributed by atoms with van der Waals surface area (Å²) < 4.78 is 31.6. The molecule has 1 aromatic heterocycles. The highest BCUT2D eigenvalue weighted by molar-refractivity contribution is 5.69. The van der Waals surface area contributed by atoms with Gasteiger partial charge in [0.15, 0.2) is 0 Å². The number of aromatic amines is 1. The molecule has 1 amide bonds. The van der Waals surface area contributed by atoms with Gasteiger partial charge in [-0.25, -0.2) is 13.6 Å². The predicted molar refractivity (Wildman–Crippen MR) is 72.0 cm³/mol. The van der Waals surface area contributed by atoms with Crippen molar-refractivity contribution in [2.45, 2.75) is 30.9 Å². The van der Waals surface area contributed by atoms with Crippen LogP contribution < -0.4 is 5.32 Å². The average Bonchev–Trinajstić information content (AvgIpc) is 2.98. The number of halogens is 2. The molecular weight excluding hydrogens is 294 g/mol. The normalized spacial score (nSPS) is 18.3. The molecule has 1 aliphatic carbocycles. The van der Waals surface area contributed by atoms with Gasteiger partial charge in [0.2, 0.25) is 0 Å². The van der Waals surface area contributed by atoms with Crippen LogP contribution in [-0.4, -0.2) is 27.4 Å². The lowest BCUT2D eigenvalue weighted by molar-refractivity contribution is -0.136. The summed E-state index contributed by atoms with van der Waals surface area (Å²) in [6.07, 6.45) is -0.477. The summed E-state index contributed by atoms with van der Waals surface area (Å²) in [6.45, 7) is 0.0674. The van der Waals surface area contributed by atoms with E-state index in [9.17, 15) is 13.6 Å². The molecule has 22 heavy (non-hydrogen) atoms. The minimum absolute atomic E-state index is 0.0674. The third-order valence-electron chi connectivity index (χ3n) is 3.58. The lowest BCUT2D eigenvalue weighted by atomic mass is 9.71. The third kappa shape index (κ3) is 2.90. The van der Waals surface area contributed by atoms with Crippen molar-refractivity contribution in [1.29, 1.82) is 0 Å². The first-order valence-corrected chi connectivity index (χ1v) is 6.72. The fourth-order valence-electron chi connectivity index (χ4n) is 2.55. The third-order valence-corrected chi connectivity index (χ3v) is 3.58. The molecule has 0 atom stereocenters. The van der Waals surface area contributed by atoms with Crippen LogP contribution in [0.25, 0.3) is 0 Å². The number of hydrogen-bond acceptors (Lipinski definition) is 4. The Balaban J connectivity index is 1.63. The largest absolute Gasteiger partial charge is 0.445 e. The van der Waals surface area contributed by atoms with E-state index in [0.717, 1.165) is 5.56 Å². The molecule has 3 rings (SSSR count). The number of alkyl halides is 2. The molecule has 0 aliphatic heterocycles. The second kappa shape index (κ2) is 5.36. The van der Waals surface area contributed by atoms with Crippen LogP contribution in [-0.2, 0) is 16.9 Å². The summed E-state index contributed by atoms with van der Waals surface area (Å²) in [6, 6.07) is 9.09. The van der Waals surface area contributed by atoms with Gasteiger partial charge in [-0.15, -0.1) is 0 Å². The van der Waals surface area contributed by atoms with Crippen LogP contribution in [0.2, 0.25) is 0 Å². The smallest absolute Gasteiger partial charge is 0.408 e. The minimum Gasteiger partial charge on any atom is -0.445 e. The molecule has 0 unspecified atom stereocenters. The van der Waals surface area contributed by atoms with Crippen molar-refractivity contribution in [3.8, 4) is 0 Å². The topological polar surface area (TPSA) is 79.9 Å². The zero-order chi connectivity index (χ0) is 15.6. The zero-order valence-electron chi connectivity index (χ0n) is 11.6. The van der Waals surface area contributed by atoms with Gasteiger partial charge in [-0.1, -0.05) is 30.3 Å². The van der Waals surface area contributed by atoms with Crippen molar-refractivity contribution in [1.82, 2.24) is 20.7 Å². The molecule has 0 saturated heterocycles. The Bertz CT molecular complexity index is 638. The maximum atomic E-state index is 13.3. The second-order valence-corrected chi connectivity index (χ2v) is 5.33. The molecule has 1 aromatic carbocycles. The number of ether oxygens (including phenoxy) is 1. The number of H-pyrrole nitrogens is 1. The Kier molecular flexibility index (Phi) is 3.51. The van der Waals surface area contributed by atoms with Gasteiger partial charge < -0.3 is 10.1 Å². The van der Waals surface area contributed by atoms with Gasteiger partial charge in [-0.3, -0.25) is 0 Å². The van der Waals surface area contributed by atoms with Crippen LogP contribution in [0.3, 0.4) is 0 Å². The molecule has 1 aliphatic rings. The number of carbonyl (C=O) groups is 1. The number of amides is 1. The molecule has 0 bridgehead atoms. The molecule has 2 N–H and O–H groups in total. The monoisotopic (exact) mass is 308 g/mol. The van der Waals surface area contributed by atoms with Crippen LogP contribution in [0, 0.1) is 0 Å². The molecule has 6 nitrogen and oxygen atoms in total. The fourth-order valence-corrected chi connectivity index (χ4v) is 2.55. The minimum atomic E-state index is -2.83. The van der Waals surface area contributed by atoms with Crippen molar-refractivity contribution in [3.05, 3.63) is 47.8 Å². The number of aromatic nitrogens is 3. The average molecular weight is 308 g/mol. The van der Waals surface area contributed by atoms with E-state index in [1.807, 2.05) is 18.2 Å². The van der Waals surface area contributed by atoms with Crippen LogP contribution in [0.1, 0.15) is 24.1 Å². The van der Waals surface area contributed by atoms with Crippen LogP contribution in [0.4, 0.5) is 13.6 Å². The molecule has 1 heterocycles. The first kappa shape index (κ1) is 14.4. The van der Waals surface area contributed by atoms with E-state index in [1.165, 1.54) is 6.20 Å². The van der Waals surface area contributed by atoms with E-state index in [0.29, 0.717) is 0 Å². The van der Waals surface area contributed by atoms with Gasteiger partial charge in [0.1, 0.15) is 17.8 Å². The van der Waals surface area contributed by atoms with Crippen LogP contribution >= 0.6 is 0 Å². The van der Waals surface area contributed by atoms with Gasteiger partial charge in [0.25, 0.3) is 5.92 Å². The molecular formula is C14H14F2N4O2. The van der Waals surface area contributed by atoms with E-state index in [1.54, 1.807) is 12.1 Å². The van der Waals surface area contributed by atoms with Crippen molar-refractivity contribution >= 4 is 6.09 Å². The molecule has 1 saturated carbocycles. The number of rotatable bonds is 4. The number of nitrogens with one attached hydrogen (secondary N) is 2. The molecule has 0 spiro atoms. The number of alkyl carbamates (subject to hydrolysis) is 1. The van der Waals surface area contributed by atoms with Crippen LogP contribution in [0.5, 0.6) is 0 Å². The summed E-state index contributed by atoms with van der Waals surface area (Å²) >= 11 is 0. The molecule has 0 radical (unpaired) electrons. The summed E-state index contributed by atoms with van der Waals surface area (Å²) in [7, 11) is 0. The Morgan fingerprint density at radius 2 is 2.05 bits per heavy atom. The van der Waals surface area contributed by atoms with E-state index < -0.39 is 30.4 Å². The van der Waals surface area contributed by atoms with Crippen molar-refractivity contribution in [2.24, 2.45) is 0 Å². The number of nitrogens with zero attached hydrogens (tertiary/aromatic N) is 2. The number of benzene rings is 1. The van der Waals surface area contributed by atoms with Crippen molar-refractivity contribution < 1.29 is 18.3 Å². The lowest BCUT2D eigenvalue weighted by Gasteiger charge is -2.45. The van der Waals surface area contributed by atoms with E-state index in [-0.39, 0.29) is 12.3 Å². The fraction of sp³-hybridized carbons (Fsp3) is 0.357. The van der Waals surface area contributed by atoms with Crippen molar-refractivity contribution in [2.75, 3.05) is 0 Å². The van der Waals surface area contributed by atoms with Gasteiger partial charge in [-0.05, 0) is 5.56 Å². The lowest BCUT2D eigenvalue weighted by Crippen LogP contribution is -2.60. The highest BCUT2D eigenvalue weighted by Gasteiger charge is 2.60. The Labute approximate surface area is 124 Å². The van der Waals surface area contributed by atoms with Gasteiger partial charge in [0, 0.05) is 12.8 Å². The quantitative estimate of drug-likeness (QED) is 0.908. The Morgan fingerprint density at radius 1 is 1.32 bits per heavy atom. The number of carbonyl (C=O) groups excluding carboxylic acids is 1. The standard InChI is InChI=1S/C14H14F2N4O2/c15-14(16)8-13(9-14,11-6-17-20-19-11)18-12(21)22-7-10-4-2-1-3-5-10/h1-6H,7-9H2,(H,18,21)(H,17,19,20). The van der Waals surface area contributed by atoms with Gasteiger partial charge in [0.05, 0.1) is 6.20 Å². The maximum absolute atomic E-state index is 13.3. The predicted octanol–water partition coefficient (Wildman–Crippen LogP) is 2.36. The van der Waals surface area contributed by atoms with Crippen LogP contribution in [0.15, 0.2) is 36.5 Å². The number of hydrogen-bond donors (Lipinski definition) is 2. The first-order chi connectivity index (χ1) is 10.5. The summed E-state index contributed by atoms with van der Waals surface area (Å²) in [5.74, 6) is -2.83. The molecule has 116 valence electrons. The first-order valence-electron chi connectivity index (χ1n) is 6.72. The molecule has 2 aromatic rings. The van der Waals surface area contributed by atoms with E-state index in [2.05, 4.69) is 20.7 Å². The maximum Gasteiger partial charge on any atom is 0.408 e. The Hall–Kier alpha value is -2.51. The molecule has 8 heteroatoms. The van der Waals surface area contributed by atoms with Gasteiger partial charge in [-0.2, -0.15) is 15.4 Å². The summed E-state index contributed by atoms with van der Waals surface area (Å²) in [4.78, 5) is 11.9. The zero-order valence-corrected chi connectivity index (χ0v) is 11.6. The second-order valence-electron chi connectivity index (χ2n) is 5.33.